The Balaban J connectivity index is 0.934. The summed E-state index contributed by atoms with van der Waals surface area (Å²) in [6, 6.07) is 66.8. The number of aliphatic hydroxyl groups excluding tert-OH is 1. The molecule has 0 spiro atoms. The lowest BCUT2D eigenvalue weighted by atomic mass is 9.94. The van der Waals surface area contributed by atoms with Crippen LogP contribution in [0.4, 0.5) is 0 Å². The highest BCUT2D eigenvalue weighted by atomic mass is 16.8. The van der Waals surface area contributed by atoms with Crippen LogP contribution in [0.15, 0.2) is 224 Å². The molecule has 2 amide bonds. The van der Waals surface area contributed by atoms with Gasteiger partial charge in [-0.05, 0) is 102 Å². The highest BCUT2D eigenvalue weighted by molar-refractivity contribution is 6.21. The molecule has 3 saturated heterocycles. The van der Waals surface area contributed by atoms with E-state index < -0.39 is 123 Å². The molecule has 0 aromatic heterocycles. The van der Waals surface area contributed by atoms with Crippen molar-refractivity contribution in [3.63, 3.8) is 0 Å². The molecule has 22 heteroatoms. The van der Waals surface area contributed by atoms with Crippen LogP contribution in [0.1, 0.15) is 97.1 Å². The minimum Gasteiger partial charge on any atom is -0.497 e. The number of ether oxygens (including phenoxy) is 16. The van der Waals surface area contributed by atoms with Crippen LogP contribution in [0, 0.1) is 0 Å². The van der Waals surface area contributed by atoms with Crippen LogP contribution in [-0.4, -0.2) is 167 Å². The zero-order valence-electron chi connectivity index (χ0n) is 59.8. The van der Waals surface area contributed by atoms with Gasteiger partial charge in [-0.25, -0.2) is 4.79 Å². The number of carbonyl (C=O) groups is 4. The van der Waals surface area contributed by atoms with Gasteiger partial charge >= 0.3 is 11.9 Å². The number of esters is 2. The first-order valence-electron chi connectivity index (χ1n) is 35.8. The molecule has 12 rings (SSSR count). The van der Waals surface area contributed by atoms with Crippen LogP contribution in [0.25, 0.3) is 0 Å². The Kier molecular flexibility index (Phi) is 27.8. The SMILES string of the molecule is COC(=O)CCCCCO[C@@H]1O[C@H](CO[C@@H]2O[C@H](CO)[C@H](O[C@@H]3O[C@@H](C)[C@@H](OCc4ccccc4)[C@@H](OCc4ccccc4)[C@@H]3OCc3ccccc3)[C@H](OCc3ccc(OC)cc3)[C@H]2OC(=O)c2ccccc2)[C@@H](OCc2ccc(OC)cc2)[C@H](OCc2ccccc2)[C@H]1N1C(=O)c2ccccc2C1=O. The van der Waals surface area contributed by atoms with Gasteiger partial charge in [0.15, 0.2) is 25.0 Å². The topological polar surface area (TPSA) is 239 Å². The van der Waals surface area contributed by atoms with Gasteiger partial charge in [0.2, 0.25) is 0 Å². The molecule has 4 aliphatic rings. The van der Waals surface area contributed by atoms with E-state index in [0.717, 1.165) is 32.7 Å². The molecule has 0 aliphatic carbocycles. The number of unbranched alkanes of at least 4 members (excludes halogenated alkanes) is 2. The first-order chi connectivity index (χ1) is 52.0. The molecular weight excluding hydrogens is 1360 g/mol. The second kappa shape index (κ2) is 38.5. The minimum absolute atomic E-state index is 0.0274. The second-order valence-corrected chi connectivity index (χ2v) is 26.2. The standard InChI is InChI=1S/C84H91NO21/c1-55-71(95-48-56-25-11-5-12-26-56)75(98-50-58-29-15-7-16-30-58)77(100-51-59-31-17-8-18-32-59)84(102-55)106-73-67(47-86)103-83(78(105-81(90)62-33-19-9-20-34-62)76(73)99-53-61-40-44-64(92-3)45-41-61)101-54-68-72(96-52-60-38-42-63(91-2)43-39-60)74(97-49-57-27-13-6-14-28-57)70(82(104-68)94-46-24-10-21-37-69(87)93-4)85-79(88)65-35-22-23-36-66(65)80(85)89/h5-9,11-20,22-23,25-36,38-45,55,67-68,70-78,82-84,86H,10,21,24,37,46-54H2,1-4H3/t55-,67+,68+,70+,71+,72+,73-,74+,75+,76-,77-,78+,82+,83+,84-/m0/s1. The summed E-state index contributed by atoms with van der Waals surface area (Å²) in [6.45, 7) is 1.02. The van der Waals surface area contributed by atoms with Gasteiger partial charge in [-0.3, -0.25) is 19.3 Å². The summed E-state index contributed by atoms with van der Waals surface area (Å²) in [5, 5.41) is 12.0. The average Bonchev–Trinajstić information content (AvgIpc) is 1.53. The van der Waals surface area contributed by atoms with E-state index >= 15 is 4.79 Å². The number of hydrogen-bond donors (Lipinski definition) is 1. The van der Waals surface area contributed by atoms with Crippen molar-refractivity contribution in [2.24, 2.45) is 0 Å². The normalized spacial score (nSPS) is 25.0. The van der Waals surface area contributed by atoms with Crippen LogP contribution in [0.2, 0.25) is 0 Å². The number of imide groups is 1. The molecule has 8 aromatic carbocycles. The van der Waals surface area contributed by atoms with E-state index in [0.29, 0.717) is 36.3 Å². The smallest absolute Gasteiger partial charge is 0.338 e. The highest BCUT2D eigenvalue weighted by Gasteiger charge is 2.58. The number of fused-ring (bicyclic) bond motifs is 1. The monoisotopic (exact) mass is 1450 g/mol. The zero-order valence-corrected chi connectivity index (χ0v) is 59.8. The van der Waals surface area contributed by atoms with Crippen LogP contribution < -0.4 is 9.47 Å². The third-order valence-corrected chi connectivity index (χ3v) is 19.1. The molecule has 4 heterocycles. The van der Waals surface area contributed by atoms with Gasteiger partial charge in [0, 0.05) is 13.0 Å². The molecular formula is C84H91NO21. The van der Waals surface area contributed by atoms with Crippen molar-refractivity contribution in [3.8, 4) is 11.5 Å². The average molecular weight is 1450 g/mol. The third kappa shape index (κ3) is 19.7. The van der Waals surface area contributed by atoms with Gasteiger partial charge in [0.05, 0.1) is 97.0 Å². The van der Waals surface area contributed by atoms with Crippen molar-refractivity contribution in [1.29, 1.82) is 0 Å². The molecule has 1 N–H and O–H groups in total. The molecule has 15 atom stereocenters. The largest absolute Gasteiger partial charge is 0.497 e. The lowest BCUT2D eigenvalue weighted by Gasteiger charge is -2.50. The fraction of sp³-hybridized carbons (Fsp3) is 0.381. The number of hydrogen-bond acceptors (Lipinski definition) is 21. The predicted molar refractivity (Wildman–Crippen MR) is 386 cm³/mol. The summed E-state index contributed by atoms with van der Waals surface area (Å²) in [6.07, 6.45) is -15.4. The van der Waals surface area contributed by atoms with Crippen LogP contribution in [0.5, 0.6) is 11.5 Å². The van der Waals surface area contributed by atoms with Gasteiger partial charge in [0.1, 0.15) is 72.5 Å². The number of benzene rings is 8. The van der Waals surface area contributed by atoms with Gasteiger partial charge in [0.25, 0.3) is 11.8 Å². The Bertz CT molecular complexity index is 3980. The summed E-state index contributed by atoms with van der Waals surface area (Å²) in [4.78, 5) is 58.3. The molecule has 106 heavy (non-hydrogen) atoms. The van der Waals surface area contributed by atoms with Crippen LogP contribution in [-0.2, 0) is 111 Å². The number of rotatable bonds is 36. The van der Waals surface area contributed by atoms with Crippen molar-refractivity contribution in [2.45, 2.75) is 164 Å². The number of aliphatic hydroxyl groups is 1. The Labute approximate surface area is 617 Å². The Hall–Kier alpha value is -9.08. The molecule has 0 radical (unpaired) electrons. The summed E-state index contributed by atoms with van der Waals surface area (Å²) < 4.78 is 107. The van der Waals surface area contributed by atoms with Crippen LogP contribution >= 0.6 is 0 Å². The molecule has 0 bridgehead atoms. The molecule has 558 valence electrons. The summed E-state index contributed by atoms with van der Waals surface area (Å²) in [5.74, 6) is -1.13. The third-order valence-electron chi connectivity index (χ3n) is 19.1. The van der Waals surface area contributed by atoms with E-state index in [1.54, 1.807) is 93.1 Å². The molecule has 3 fully saturated rings. The van der Waals surface area contributed by atoms with Crippen molar-refractivity contribution in [1.82, 2.24) is 4.90 Å². The van der Waals surface area contributed by atoms with Crippen LogP contribution in [0.3, 0.4) is 0 Å². The maximum Gasteiger partial charge on any atom is 0.338 e. The van der Waals surface area contributed by atoms with Crippen molar-refractivity contribution < 1.29 is 100 Å². The van der Waals surface area contributed by atoms with Crippen molar-refractivity contribution >= 4 is 23.8 Å². The quantitative estimate of drug-likeness (QED) is 0.0218. The van der Waals surface area contributed by atoms with E-state index in [2.05, 4.69) is 0 Å². The second-order valence-electron chi connectivity index (χ2n) is 26.2. The highest BCUT2D eigenvalue weighted by Crippen LogP contribution is 2.40. The van der Waals surface area contributed by atoms with Gasteiger partial charge < -0.3 is 80.9 Å². The van der Waals surface area contributed by atoms with E-state index in [9.17, 15) is 19.5 Å². The minimum atomic E-state index is -1.61. The number of methoxy groups -OCH3 is 3. The first-order valence-corrected chi connectivity index (χ1v) is 35.8. The molecule has 22 nitrogen and oxygen atoms in total. The van der Waals surface area contributed by atoms with Crippen molar-refractivity contribution in [3.05, 3.63) is 275 Å². The van der Waals surface area contributed by atoms with Gasteiger partial charge in [-0.15, -0.1) is 0 Å². The number of amides is 2. The molecule has 0 saturated carbocycles. The predicted octanol–water partition coefficient (Wildman–Crippen LogP) is 11.7. The van der Waals surface area contributed by atoms with E-state index in [4.69, 9.17) is 75.8 Å². The zero-order chi connectivity index (χ0) is 73.6. The maximum absolute atomic E-state index is 15.0. The number of nitrogens with zero attached hydrogens (tertiary/aromatic N) is 1. The van der Waals surface area contributed by atoms with E-state index in [1.807, 2.05) is 153 Å². The fourth-order valence-electron chi connectivity index (χ4n) is 13.5. The van der Waals surface area contributed by atoms with Gasteiger partial charge in [-0.2, -0.15) is 0 Å². The fourth-order valence-corrected chi connectivity index (χ4v) is 13.5. The summed E-state index contributed by atoms with van der Waals surface area (Å²) in [5.41, 5.74) is 5.38. The van der Waals surface area contributed by atoms with Crippen molar-refractivity contribution in [2.75, 3.05) is 41.2 Å². The summed E-state index contributed by atoms with van der Waals surface area (Å²) >= 11 is 0. The van der Waals surface area contributed by atoms with Gasteiger partial charge in [-0.1, -0.05) is 182 Å². The lowest BCUT2D eigenvalue weighted by molar-refractivity contribution is -0.373. The molecule has 4 aliphatic heterocycles. The lowest BCUT2D eigenvalue weighted by Crippen LogP contribution is -2.68. The Morgan fingerprint density at radius 2 is 0.840 bits per heavy atom. The Morgan fingerprint density at radius 1 is 0.406 bits per heavy atom. The Morgan fingerprint density at radius 3 is 1.33 bits per heavy atom. The van der Waals surface area contributed by atoms with E-state index in [1.165, 1.54) is 7.11 Å². The number of carbonyl (C=O) groups excluding carboxylic acids is 4. The molecule has 8 aromatic rings. The maximum atomic E-state index is 15.0. The van der Waals surface area contributed by atoms with E-state index in [-0.39, 0.29) is 75.3 Å². The summed E-state index contributed by atoms with van der Waals surface area (Å²) in [7, 11) is 4.48. The molecule has 0 unspecified atom stereocenters. The first kappa shape index (κ1) is 76.6.